The molecule has 0 saturated carbocycles. The number of halogens is 2. The van der Waals surface area contributed by atoms with E-state index >= 15 is 0 Å². The third-order valence-electron chi connectivity index (χ3n) is 2.94. The van der Waals surface area contributed by atoms with Crippen molar-refractivity contribution in [1.29, 1.82) is 0 Å². The molecule has 3 nitrogen and oxygen atoms in total. The Morgan fingerprint density at radius 1 is 1.20 bits per heavy atom. The molecule has 20 heavy (non-hydrogen) atoms. The molecule has 0 aliphatic rings. The number of hydrogen-bond acceptors (Lipinski definition) is 3. The van der Waals surface area contributed by atoms with Crippen molar-refractivity contribution >= 4 is 31.9 Å². The van der Waals surface area contributed by atoms with E-state index in [2.05, 4.69) is 48.2 Å². The van der Waals surface area contributed by atoms with E-state index in [0.717, 1.165) is 39.8 Å². The van der Waals surface area contributed by atoms with Gasteiger partial charge in [-0.1, -0.05) is 15.9 Å². The number of pyridine rings is 1. The first-order chi connectivity index (χ1) is 9.70. The molecule has 0 aliphatic heterocycles. The third-order valence-corrected chi connectivity index (χ3v) is 3.99. The van der Waals surface area contributed by atoms with Crippen molar-refractivity contribution in [1.82, 2.24) is 10.3 Å². The lowest BCUT2D eigenvalue weighted by Crippen LogP contribution is -2.17. The molecule has 0 amide bonds. The fourth-order valence-electron chi connectivity index (χ4n) is 1.98. The Morgan fingerprint density at radius 2 is 1.95 bits per heavy atom. The largest absolute Gasteiger partial charge is 0.495 e. The standard InChI is InChI=1S/C15H16Br2N2O/c1-20-15-12(8-13(16)9-14(15)17)10-19-7-4-11-2-5-18-6-3-11/h2-3,5-6,8-9,19H,4,7,10H2,1H3. The first-order valence-electron chi connectivity index (χ1n) is 6.32. The van der Waals surface area contributed by atoms with Crippen LogP contribution in [0.2, 0.25) is 0 Å². The molecule has 5 heteroatoms. The molecule has 0 spiro atoms. The lowest BCUT2D eigenvalue weighted by atomic mass is 10.2. The van der Waals surface area contributed by atoms with Gasteiger partial charge in [-0.3, -0.25) is 4.98 Å². The minimum absolute atomic E-state index is 0.770. The van der Waals surface area contributed by atoms with Crippen molar-refractivity contribution in [3.05, 3.63) is 56.7 Å². The first-order valence-corrected chi connectivity index (χ1v) is 7.91. The van der Waals surface area contributed by atoms with Gasteiger partial charge in [-0.15, -0.1) is 0 Å². The summed E-state index contributed by atoms with van der Waals surface area (Å²) in [6, 6.07) is 8.14. The molecule has 1 aromatic carbocycles. The van der Waals surface area contributed by atoms with E-state index in [-0.39, 0.29) is 0 Å². The monoisotopic (exact) mass is 398 g/mol. The second kappa shape index (κ2) is 7.76. The Bertz CT molecular complexity index is 561. The number of methoxy groups -OCH3 is 1. The van der Waals surface area contributed by atoms with Crippen molar-refractivity contribution in [2.45, 2.75) is 13.0 Å². The van der Waals surface area contributed by atoms with Crippen LogP contribution in [0.25, 0.3) is 0 Å². The summed E-state index contributed by atoms with van der Waals surface area (Å²) < 4.78 is 7.43. The summed E-state index contributed by atoms with van der Waals surface area (Å²) in [5.41, 5.74) is 2.42. The summed E-state index contributed by atoms with van der Waals surface area (Å²) in [7, 11) is 1.69. The number of benzene rings is 1. The van der Waals surface area contributed by atoms with E-state index in [1.54, 1.807) is 7.11 Å². The summed E-state index contributed by atoms with van der Waals surface area (Å²) >= 11 is 7.02. The van der Waals surface area contributed by atoms with Crippen LogP contribution in [0.3, 0.4) is 0 Å². The fraction of sp³-hybridized carbons (Fsp3) is 0.267. The van der Waals surface area contributed by atoms with E-state index in [1.165, 1.54) is 5.56 Å². The van der Waals surface area contributed by atoms with E-state index in [0.29, 0.717) is 0 Å². The molecule has 1 aromatic heterocycles. The molecule has 0 radical (unpaired) electrons. The minimum Gasteiger partial charge on any atom is -0.495 e. The molecule has 106 valence electrons. The van der Waals surface area contributed by atoms with Gasteiger partial charge in [-0.2, -0.15) is 0 Å². The molecule has 0 saturated heterocycles. The highest BCUT2D eigenvalue weighted by atomic mass is 79.9. The van der Waals surface area contributed by atoms with Crippen molar-refractivity contribution in [2.75, 3.05) is 13.7 Å². The van der Waals surface area contributed by atoms with Gasteiger partial charge in [0.1, 0.15) is 5.75 Å². The van der Waals surface area contributed by atoms with Crippen LogP contribution in [-0.2, 0) is 13.0 Å². The van der Waals surface area contributed by atoms with Crippen LogP contribution in [0.15, 0.2) is 45.6 Å². The minimum atomic E-state index is 0.770. The van der Waals surface area contributed by atoms with Crippen molar-refractivity contribution < 1.29 is 4.74 Å². The molecule has 2 aromatic rings. The third kappa shape index (κ3) is 4.30. The van der Waals surface area contributed by atoms with Gasteiger partial charge in [0.05, 0.1) is 11.6 Å². The van der Waals surface area contributed by atoms with Crippen LogP contribution in [-0.4, -0.2) is 18.6 Å². The fourth-order valence-corrected chi connectivity index (χ4v) is 3.45. The van der Waals surface area contributed by atoms with E-state index in [4.69, 9.17) is 4.74 Å². The van der Waals surface area contributed by atoms with E-state index in [9.17, 15) is 0 Å². The Kier molecular flexibility index (Phi) is 6.01. The Labute approximate surface area is 136 Å². The number of hydrogen-bond donors (Lipinski definition) is 1. The molecule has 0 fully saturated rings. The Hall–Kier alpha value is -0.910. The highest BCUT2D eigenvalue weighted by Gasteiger charge is 2.08. The molecule has 0 unspecified atom stereocenters. The number of ether oxygens (including phenoxy) is 1. The zero-order chi connectivity index (χ0) is 14.4. The topological polar surface area (TPSA) is 34.1 Å². The number of nitrogens with one attached hydrogen (secondary N) is 1. The van der Waals surface area contributed by atoms with Gasteiger partial charge in [0, 0.05) is 29.0 Å². The lowest BCUT2D eigenvalue weighted by Gasteiger charge is -2.12. The molecule has 0 aliphatic carbocycles. The van der Waals surface area contributed by atoms with Gasteiger partial charge in [-0.05, 0) is 58.7 Å². The second-order valence-corrected chi connectivity index (χ2v) is 6.13. The van der Waals surface area contributed by atoms with Gasteiger partial charge in [0.25, 0.3) is 0 Å². The summed E-state index contributed by atoms with van der Waals surface area (Å²) in [6.45, 7) is 1.68. The van der Waals surface area contributed by atoms with Gasteiger partial charge < -0.3 is 10.1 Å². The van der Waals surface area contributed by atoms with Crippen molar-refractivity contribution in [3.8, 4) is 5.75 Å². The van der Waals surface area contributed by atoms with Crippen LogP contribution in [0.1, 0.15) is 11.1 Å². The quantitative estimate of drug-likeness (QED) is 0.746. The maximum absolute atomic E-state index is 5.43. The van der Waals surface area contributed by atoms with Crippen LogP contribution in [0.5, 0.6) is 5.75 Å². The number of nitrogens with zero attached hydrogens (tertiary/aromatic N) is 1. The molecular weight excluding hydrogens is 384 g/mol. The molecule has 0 atom stereocenters. The van der Waals surface area contributed by atoms with Crippen LogP contribution < -0.4 is 10.1 Å². The second-order valence-electron chi connectivity index (χ2n) is 4.36. The van der Waals surface area contributed by atoms with Gasteiger partial charge in [0.2, 0.25) is 0 Å². The smallest absolute Gasteiger partial charge is 0.137 e. The van der Waals surface area contributed by atoms with E-state index < -0.39 is 0 Å². The number of aromatic nitrogens is 1. The van der Waals surface area contributed by atoms with Crippen LogP contribution in [0.4, 0.5) is 0 Å². The maximum atomic E-state index is 5.43. The summed E-state index contributed by atoms with van der Waals surface area (Å²) in [6.07, 6.45) is 4.63. The number of rotatable bonds is 6. The summed E-state index contributed by atoms with van der Waals surface area (Å²) in [5.74, 6) is 0.879. The lowest BCUT2D eigenvalue weighted by molar-refractivity contribution is 0.405. The molecular formula is C15H16Br2N2O. The molecule has 0 bridgehead atoms. The normalized spacial score (nSPS) is 10.6. The SMILES string of the molecule is COc1c(Br)cc(Br)cc1CNCCc1ccncc1. The molecule has 2 rings (SSSR count). The van der Waals surface area contributed by atoms with Crippen molar-refractivity contribution in [3.63, 3.8) is 0 Å². The van der Waals surface area contributed by atoms with Crippen LogP contribution in [0, 0.1) is 0 Å². The van der Waals surface area contributed by atoms with Gasteiger partial charge >= 0.3 is 0 Å². The summed E-state index contributed by atoms with van der Waals surface area (Å²) in [4.78, 5) is 4.02. The zero-order valence-electron chi connectivity index (χ0n) is 11.2. The first kappa shape index (κ1) is 15.5. The Morgan fingerprint density at radius 3 is 2.65 bits per heavy atom. The zero-order valence-corrected chi connectivity index (χ0v) is 14.4. The highest BCUT2D eigenvalue weighted by molar-refractivity contribution is 9.11. The van der Waals surface area contributed by atoms with Gasteiger partial charge in [-0.25, -0.2) is 0 Å². The van der Waals surface area contributed by atoms with Crippen molar-refractivity contribution in [2.24, 2.45) is 0 Å². The average Bonchev–Trinajstić information content (AvgIpc) is 2.44. The average molecular weight is 400 g/mol. The predicted molar refractivity (Wildman–Crippen MR) is 88.0 cm³/mol. The maximum Gasteiger partial charge on any atom is 0.137 e. The summed E-state index contributed by atoms with van der Waals surface area (Å²) in [5, 5.41) is 3.44. The predicted octanol–water partition coefficient (Wildman–Crippen LogP) is 3.95. The molecule has 1 N–H and O–H groups in total. The Balaban J connectivity index is 1.91. The highest BCUT2D eigenvalue weighted by Crippen LogP contribution is 2.32. The van der Waals surface area contributed by atoms with Crippen LogP contribution >= 0.6 is 31.9 Å². The van der Waals surface area contributed by atoms with Gasteiger partial charge in [0.15, 0.2) is 0 Å². The van der Waals surface area contributed by atoms with E-state index in [1.807, 2.05) is 30.6 Å². The molecule has 1 heterocycles.